The fourth-order valence-corrected chi connectivity index (χ4v) is 5.18. The van der Waals surface area contributed by atoms with E-state index < -0.39 is 23.7 Å². The van der Waals surface area contributed by atoms with Gasteiger partial charge in [-0.15, -0.1) is 5.10 Å². The molecule has 0 radical (unpaired) electrons. The molecule has 2 amide bonds. The Labute approximate surface area is 225 Å². The molecule has 39 heavy (non-hydrogen) atoms. The molecule has 1 N–H and O–H groups in total. The van der Waals surface area contributed by atoms with Gasteiger partial charge in [0.05, 0.1) is 25.4 Å². The average molecular weight is 532 g/mol. The van der Waals surface area contributed by atoms with Crippen LogP contribution in [0.4, 0.5) is 10.1 Å². The third kappa shape index (κ3) is 5.27. The van der Waals surface area contributed by atoms with Crippen LogP contribution in [0.2, 0.25) is 0 Å². The van der Waals surface area contributed by atoms with E-state index in [0.717, 1.165) is 25.7 Å². The zero-order chi connectivity index (χ0) is 27.4. The Kier molecular flexibility index (Phi) is 7.72. The van der Waals surface area contributed by atoms with Crippen molar-refractivity contribution in [2.45, 2.75) is 44.3 Å². The number of carbonyl (C=O) groups excluding carboxylic acids is 2. The van der Waals surface area contributed by atoms with Crippen LogP contribution in [0.15, 0.2) is 66.7 Å². The smallest absolute Gasteiger partial charge is 0.249 e. The van der Waals surface area contributed by atoms with E-state index in [1.54, 1.807) is 36.4 Å². The number of halogens is 1. The molecule has 202 valence electrons. The first-order valence-electron chi connectivity index (χ1n) is 12.9. The Bertz CT molecular complexity index is 1480. The maximum Gasteiger partial charge on any atom is 0.249 e. The van der Waals surface area contributed by atoms with Crippen molar-refractivity contribution in [2.75, 3.05) is 19.1 Å². The number of hydrogen-bond acceptors (Lipinski definition) is 6. The number of nitrogens with one attached hydrogen (secondary N) is 1. The Morgan fingerprint density at radius 3 is 2.51 bits per heavy atom. The highest BCUT2D eigenvalue weighted by Crippen LogP contribution is 2.40. The Morgan fingerprint density at radius 2 is 1.77 bits per heavy atom. The second kappa shape index (κ2) is 11.5. The number of benzene rings is 3. The number of para-hydroxylation sites is 3. The van der Waals surface area contributed by atoms with E-state index in [0.29, 0.717) is 22.3 Å². The molecule has 1 aliphatic rings. The summed E-state index contributed by atoms with van der Waals surface area (Å²) in [7, 11) is 2.95. The third-order valence-corrected chi connectivity index (χ3v) is 7.02. The summed E-state index contributed by atoms with van der Waals surface area (Å²) in [5.41, 5.74) is 1.59. The first kappa shape index (κ1) is 26.1. The number of nitrogens with zero attached hydrogens (tertiary/aromatic N) is 4. The number of rotatable bonds is 9. The van der Waals surface area contributed by atoms with Crippen molar-refractivity contribution in [1.82, 2.24) is 20.3 Å². The van der Waals surface area contributed by atoms with E-state index in [4.69, 9.17) is 9.47 Å². The van der Waals surface area contributed by atoms with E-state index >= 15 is 4.39 Å². The molecule has 9 nitrogen and oxygen atoms in total. The summed E-state index contributed by atoms with van der Waals surface area (Å²) < 4.78 is 28.0. The maximum absolute atomic E-state index is 15.4. The van der Waals surface area contributed by atoms with Crippen LogP contribution >= 0.6 is 0 Å². The monoisotopic (exact) mass is 531 g/mol. The zero-order valence-electron chi connectivity index (χ0n) is 21.8. The van der Waals surface area contributed by atoms with Gasteiger partial charge < -0.3 is 14.8 Å². The molecule has 1 heterocycles. The van der Waals surface area contributed by atoms with Gasteiger partial charge in [0.15, 0.2) is 11.5 Å². The quantitative estimate of drug-likeness (QED) is 0.343. The lowest BCUT2D eigenvalue weighted by molar-refractivity contribution is -0.127. The molecule has 1 aromatic heterocycles. The Morgan fingerprint density at radius 1 is 1.03 bits per heavy atom. The summed E-state index contributed by atoms with van der Waals surface area (Å²) in [6.45, 7) is -0.270. The van der Waals surface area contributed by atoms with Crippen molar-refractivity contribution in [3.05, 3.63) is 78.1 Å². The van der Waals surface area contributed by atoms with E-state index in [-0.39, 0.29) is 24.0 Å². The molecule has 1 saturated carbocycles. The predicted molar refractivity (Wildman–Crippen MR) is 144 cm³/mol. The normalized spacial score (nSPS) is 14.2. The minimum atomic E-state index is -1.25. The van der Waals surface area contributed by atoms with E-state index in [1.165, 1.54) is 42.0 Å². The lowest BCUT2D eigenvalue weighted by Gasteiger charge is -2.33. The van der Waals surface area contributed by atoms with Crippen molar-refractivity contribution in [1.29, 1.82) is 0 Å². The number of amides is 2. The van der Waals surface area contributed by atoms with Gasteiger partial charge in [-0.3, -0.25) is 14.5 Å². The molecule has 0 saturated heterocycles. The predicted octanol–water partition coefficient (Wildman–Crippen LogP) is 4.42. The van der Waals surface area contributed by atoms with Crippen LogP contribution in [-0.2, 0) is 16.1 Å². The highest BCUT2D eigenvalue weighted by molar-refractivity contribution is 6.02. The van der Waals surface area contributed by atoms with E-state index in [9.17, 15) is 9.59 Å². The van der Waals surface area contributed by atoms with E-state index in [1.807, 2.05) is 12.1 Å². The van der Waals surface area contributed by atoms with Gasteiger partial charge in [0.2, 0.25) is 11.8 Å². The fourth-order valence-electron chi connectivity index (χ4n) is 5.18. The minimum Gasteiger partial charge on any atom is -0.493 e. The molecule has 1 unspecified atom stereocenters. The Balaban J connectivity index is 1.65. The molecule has 10 heteroatoms. The van der Waals surface area contributed by atoms with Crippen LogP contribution in [0.3, 0.4) is 0 Å². The molecule has 1 aliphatic carbocycles. The summed E-state index contributed by atoms with van der Waals surface area (Å²) in [4.78, 5) is 29.4. The lowest BCUT2D eigenvalue weighted by Crippen LogP contribution is -2.47. The zero-order valence-corrected chi connectivity index (χ0v) is 21.8. The summed E-state index contributed by atoms with van der Waals surface area (Å²) in [6.07, 6.45) is 3.69. The van der Waals surface area contributed by atoms with Crippen molar-refractivity contribution in [3.63, 3.8) is 0 Å². The molecule has 4 aromatic rings. The van der Waals surface area contributed by atoms with Crippen LogP contribution in [0.1, 0.15) is 37.3 Å². The van der Waals surface area contributed by atoms with Gasteiger partial charge in [-0.1, -0.05) is 54.5 Å². The summed E-state index contributed by atoms with van der Waals surface area (Å²) in [5.74, 6) is -0.959. The number of hydrogen-bond donors (Lipinski definition) is 1. The molecule has 0 spiro atoms. The van der Waals surface area contributed by atoms with Gasteiger partial charge >= 0.3 is 0 Å². The van der Waals surface area contributed by atoms with Gasteiger partial charge in [-0.2, -0.15) is 0 Å². The Hall–Kier alpha value is -4.47. The van der Waals surface area contributed by atoms with Gasteiger partial charge in [0.1, 0.15) is 23.9 Å². The number of aromatic nitrogens is 3. The molecule has 0 bridgehead atoms. The molecule has 3 aromatic carbocycles. The third-order valence-electron chi connectivity index (χ3n) is 7.02. The maximum atomic E-state index is 15.4. The van der Waals surface area contributed by atoms with Gasteiger partial charge in [0.25, 0.3) is 0 Å². The van der Waals surface area contributed by atoms with Gasteiger partial charge in [-0.25, -0.2) is 9.07 Å². The van der Waals surface area contributed by atoms with Crippen LogP contribution in [0, 0.1) is 5.82 Å². The second-order valence-electron chi connectivity index (χ2n) is 9.43. The van der Waals surface area contributed by atoms with Gasteiger partial charge in [0, 0.05) is 11.6 Å². The average Bonchev–Trinajstić information content (AvgIpc) is 3.61. The molecular weight excluding hydrogens is 501 g/mol. The fraction of sp³-hybridized carbons (Fsp3) is 0.310. The lowest BCUT2D eigenvalue weighted by atomic mass is 10.00. The summed E-state index contributed by atoms with van der Waals surface area (Å²) in [5, 5.41) is 11.4. The molecule has 5 rings (SSSR count). The molecule has 0 aliphatic heterocycles. The summed E-state index contributed by atoms with van der Waals surface area (Å²) in [6, 6.07) is 16.9. The van der Waals surface area contributed by atoms with Crippen LogP contribution < -0.4 is 19.7 Å². The first-order chi connectivity index (χ1) is 19.0. The summed E-state index contributed by atoms with van der Waals surface area (Å²) >= 11 is 0. The van der Waals surface area contributed by atoms with Crippen LogP contribution in [0.5, 0.6) is 11.5 Å². The van der Waals surface area contributed by atoms with Crippen LogP contribution in [0.25, 0.3) is 11.0 Å². The largest absolute Gasteiger partial charge is 0.493 e. The molecular formula is C29H30FN5O4. The van der Waals surface area contributed by atoms with Gasteiger partial charge in [-0.05, 0) is 43.2 Å². The number of anilines is 1. The van der Waals surface area contributed by atoms with Crippen molar-refractivity contribution < 1.29 is 23.5 Å². The number of methoxy groups -OCH3 is 2. The minimum absolute atomic E-state index is 0.0339. The highest BCUT2D eigenvalue weighted by Gasteiger charge is 2.38. The molecule has 1 atom stereocenters. The number of fused-ring (bicyclic) bond motifs is 1. The van der Waals surface area contributed by atoms with Crippen molar-refractivity contribution >= 4 is 28.5 Å². The highest BCUT2D eigenvalue weighted by atomic mass is 19.1. The van der Waals surface area contributed by atoms with Crippen LogP contribution in [-0.4, -0.2) is 47.1 Å². The van der Waals surface area contributed by atoms with Crippen molar-refractivity contribution in [2.24, 2.45) is 0 Å². The SMILES string of the molecule is COc1cccc(C(C(=O)NC2CCCC2)N(C(=O)Cn2nnc3ccccc32)c2ccccc2F)c1OC. The topological polar surface area (TPSA) is 98.6 Å². The number of ether oxygens (including phenoxy) is 2. The molecule has 1 fully saturated rings. The first-order valence-corrected chi connectivity index (χ1v) is 12.9. The standard InChI is InChI=1S/C29H30FN5O4/c1-38-25-17-9-12-20(28(25)39-2)27(29(37)31-19-10-3-4-11-19)35(23-15-7-5-13-21(23)30)26(36)18-34-24-16-8-6-14-22(24)32-33-34/h5-9,12-17,19,27H,3-4,10-11,18H2,1-2H3,(H,31,37). The van der Waals surface area contributed by atoms with E-state index in [2.05, 4.69) is 15.6 Å². The number of carbonyl (C=O) groups is 2. The van der Waals surface area contributed by atoms with Crippen molar-refractivity contribution in [3.8, 4) is 11.5 Å². The second-order valence-corrected chi connectivity index (χ2v) is 9.43.